The number of benzene rings is 1. The molecule has 0 aromatic heterocycles. The molecule has 2 fully saturated rings. The molecule has 10 nitrogen and oxygen atoms in total. The highest BCUT2D eigenvalue weighted by Crippen LogP contribution is 2.28. The molecule has 0 aliphatic carbocycles. The van der Waals surface area contributed by atoms with Crippen molar-refractivity contribution in [2.45, 2.75) is 56.9 Å². The Morgan fingerprint density at radius 2 is 1.79 bits per heavy atom. The Morgan fingerprint density at radius 1 is 1.15 bits per heavy atom. The van der Waals surface area contributed by atoms with Gasteiger partial charge >= 0.3 is 6.03 Å². The first kappa shape index (κ1) is 25.1. The number of rotatable bonds is 9. The summed E-state index contributed by atoms with van der Waals surface area (Å²) in [7, 11) is -3.73. The second kappa shape index (κ2) is 10.2. The topological polar surface area (TPSA) is 125 Å². The van der Waals surface area contributed by atoms with Gasteiger partial charge in [-0.1, -0.05) is 32.8 Å². The molecule has 0 atom stereocenters. The minimum atomic E-state index is -3.73. The van der Waals surface area contributed by atoms with Crippen LogP contribution in [0.3, 0.4) is 0 Å². The Morgan fingerprint density at radius 3 is 2.39 bits per heavy atom. The van der Waals surface area contributed by atoms with Crippen LogP contribution in [0.2, 0.25) is 0 Å². The summed E-state index contributed by atoms with van der Waals surface area (Å²) in [6.07, 6.45) is 2.44. The Balaban J connectivity index is 1.75. The minimum absolute atomic E-state index is 0.0604. The maximum absolute atomic E-state index is 13.0. The summed E-state index contributed by atoms with van der Waals surface area (Å²) in [5.74, 6) is -0.974. The summed E-state index contributed by atoms with van der Waals surface area (Å²) in [6.45, 7) is 6.36. The third kappa shape index (κ3) is 5.20. The van der Waals surface area contributed by atoms with Gasteiger partial charge in [-0.15, -0.1) is 0 Å². The fraction of sp³-hybridized carbons (Fsp3) is 0.591. The number of morpholine rings is 1. The van der Waals surface area contributed by atoms with Gasteiger partial charge in [0.15, 0.2) is 0 Å². The number of carbonyl (C=O) groups is 3. The van der Waals surface area contributed by atoms with Crippen LogP contribution in [-0.2, 0) is 24.3 Å². The number of sulfonamides is 1. The number of urea groups is 1. The van der Waals surface area contributed by atoms with Crippen molar-refractivity contribution < 1.29 is 27.5 Å². The first-order valence-electron chi connectivity index (χ1n) is 11.3. The maximum atomic E-state index is 13.0. The summed E-state index contributed by atoms with van der Waals surface area (Å²) in [5, 5.41) is 5.44. The number of nitrogens with one attached hydrogen (secondary N) is 2. The van der Waals surface area contributed by atoms with E-state index in [-0.39, 0.29) is 18.0 Å². The van der Waals surface area contributed by atoms with Crippen molar-refractivity contribution >= 4 is 33.6 Å². The predicted molar refractivity (Wildman–Crippen MR) is 122 cm³/mol. The van der Waals surface area contributed by atoms with Gasteiger partial charge < -0.3 is 15.4 Å². The van der Waals surface area contributed by atoms with Crippen molar-refractivity contribution in [3.63, 3.8) is 0 Å². The highest BCUT2D eigenvalue weighted by atomic mass is 32.2. The molecule has 2 aliphatic heterocycles. The first-order chi connectivity index (χ1) is 15.6. The fourth-order valence-corrected chi connectivity index (χ4v) is 5.74. The van der Waals surface area contributed by atoms with Crippen molar-refractivity contribution in [3.8, 4) is 0 Å². The van der Waals surface area contributed by atoms with E-state index >= 15 is 0 Å². The number of ether oxygens (including phenoxy) is 1. The largest absolute Gasteiger partial charge is 0.379 e. The molecule has 3 rings (SSSR count). The molecular weight excluding hydrogens is 448 g/mol. The van der Waals surface area contributed by atoms with Gasteiger partial charge in [0.05, 0.1) is 18.1 Å². The number of hydrogen-bond acceptors (Lipinski definition) is 6. The van der Waals surface area contributed by atoms with Gasteiger partial charge in [0.1, 0.15) is 12.1 Å². The number of nitrogens with zero attached hydrogens (tertiary/aromatic N) is 2. The molecule has 2 heterocycles. The van der Waals surface area contributed by atoms with Crippen molar-refractivity contribution in [2.24, 2.45) is 0 Å². The molecule has 2 aliphatic rings. The lowest BCUT2D eigenvalue weighted by Gasteiger charge is -2.26. The molecule has 0 radical (unpaired) electrons. The number of amides is 4. The van der Waals surface area contributed by atoms with Crippen LogP contribution in [-0.4, -0.2) is 73.9 Å². The molecule has 0 unspecified atom stereocenters. The van der Waals surface area contributed by atoms with E-state index in [2.05, 4.69) is 10.6 Å². The smallest absolute Gasteiger partial charge is 0.325 e. The van der Waals surface area contributed by atoms with E-state index in [0.29, 0.717) is 37.3 Å². The van der Waals surface area contributed by atoms with Gasteiger partial charge in [0.25, 0.3) is 5.91 Å². The maximum Gasteiger partial charge on any atom is 0.325 e. The number of anilines is 1. The molecule has 33 heavy (non-hydrogen) atoms. The quantitative estimate of drug-likeness (QED) is 0.520. The third-order valence-corrected chi connectivity index (χ3v) is 7.89. The minimum Gasteiger partial charge on any atom is -0.379 e. The predicted octanol–water partition coefficient (Wildman–Crippen LogP) is 1.85. The first-order valence-corrected chi connectivity index (χ1v) is 12.7. The van der Waals surface area contributed by atoms with E-state index in [4.69, 9.17) is 4.74 Å². The molecule has 0 saturated carbocycles. The standard InChI is InChI=1S/C22H32N4O6S/c1-4-8-22(9-5-2)20(28)26(21(29)24-22)15-19(27)23-18-14-17(7-6-16(18)3)33(30,31)25-10-12-32-13-11-25/h6-7,14H,4-5,8-13,15H2,1-3H3,(H,23,27)(H,24,29). The number of aryl methyl sites for hydroxylation is 1. The highest BCUT2D eigenvalue weighted by molar-refractivity contribution is 7.89. The van der Waals surface area contributed by atoms with E-state index < -0.39 is 40.0 Å². The van der Waals surface area contributed by atoms with Crippen LogP contribution >= 0.6 is 0 Å². The SMILES string of the molecule is CCCC1(CCC)NC(=O)N(CC(=O)Nc2cc(S(=O)(=O)N3CCOCC3)ccc2C)C1=O. The third-order valence-electron chi connectivity index (χ3n) is 5.99. The molecule has 2 N–H and O–H groups in total. The highest BCUT2D eigenvalue weighted by Gasteiger charge is 2.50. The van der Waals surface area contributed by atoms with Crippen LogP contribution in [0, 0.1) is 6.92 Å². The van der Waals surface area contributed by atoms with Crippen LogP contribution < -0.4 is 10.6 Å². The summed E-state index contributed by atoms with van der Waals surface area (Å²) in [4.78, 5) is 39.2. The molecule has 11 heteroatoms. The van der Waals surface area contributed by atoms with Crippen LogP contribution in [0.15, 0.2) is 23.1 Å². The number of carbonyl (C=O) groups excluding carboxylic acids is 3. The number of imide groups is 1. The monoisotopic (exact) mass is 480 g/mol. The van der Waals surface area contributed by atoms with Crippen molar-refractivity contribution in [2.75, 3.05) is 38.2 Å². The van der Waals surface area contributed by atoms with Gasteiger partial charge in [0, 0.05) is 18.8 Å². The molecular formula is C22H32N4O6S. The molecule has 1 aromatic rings. The normalized spacial score (nSPS) is 18.9. The summed E-state index contributed by atoms with van der Waals surface area (Å²) in [5.41, 5.74) is 0.00528. The Bertz CT molecular complexity index is 1010. The second-order valence-electron chi connectivity index (χ2n) is 8.44. The molecule has 4 amide bonds. The molecule has 182 valence electrons. The molecule has 2 saturated heterocycles. The van der Waals surface area contributed by atoms with Gasteiger partial charge in [-0.3, -0.25) is 14.5 Å². The Kier molecular flexibility index (Phi) is 7.76. The fourth-order valence-electron chi connectivity index (χ4n) is 4.30. The molecule has 0 spiro atoms. The van der Waals surface area contributed by atoms with E-state index in [1.54, 1.807) is 13.0 Å². The molecule has 1 aromatic carbocycles. The van der Waals surface area contributed by atoms with E-state index in [9.17, 15) is 22.8 Å². The van der Waals surface area contributed by atoms with Crippen LogP contribution in [0.1, 0.15) is 45.1 Å². The average molecular weight is 481 g/mol. The lowest BCUT2D eigenvalue weighted by atomic mass is 9.88. The van der Waals surface area contributed by atoms with E-state index in [0.717, 1.165) is 17.7 Å². The van der Waals surface area contributed by atoms with Gasteiger partial charge in [-0.2, -0.15) is 4.31 Å². The molecule has 0 bridgehead atoms. The number of hydrogen-bond donors (Lipinski definition) is 2. The van der Waals surface area contributed by atoms with Crippen molar-refractivity contribution in [1.29, 1.82) is 0 Å². The zero-order valence-corrected chi connectivity index (χ0v) is 20.2. The average Bonchev–Trinajstić information content (AvgIpc) is 3.00. The van der Waals surface area contributed by atoms with Crippen LogP contribution in [0.5, 0.6) is 0 Å². The van der Waals surface area contributed by atoms with Crippen LogP contribution in [0.4, 0.5) is 10.5 Å². The lowest BCUT2D eigenvalue weighted by Crippen LogP contribution is -2.47. The zero-order valence-electron chi connectivity index (χ0n) is 19.3. The second-order valence-corrected chi connectivity index (χ2v) is 10.4. The van der Waals surface area contributed by atoms with E-state index in [1.165, 1.54) is 16.4 Å². The van der Waals surface area contributed by atoms with E-state index in [1.807, 2.05) is 13.8 Å². The van der Waals surface area contributed by atoms with Gasteiger partial charge in [0.2, 0.25) is 15.9 Å². The zero-order chi connectivity index (χ0) is 24.2. The summed E-state index contributed by atoms with van der Waals surface area (Å²) < 4.78 is 32.5. The van der Waals surface area contributed by atoms with Crippen molar-refractivity contribution in [3.05, 3.63) is 23.8 Å². The lowest BCUT2D eigenvalue weighted by molar-refractivity contribution is -0.134. The summed E-state index contributed by atoms with van der Waals surface area (Å²) >= 11 is 0. The van der Waals surface area contributed by atoms with Crippen molar-refractivity contribution in [1.82, 2.24) is 14.5 Å². The van der Waals surface area contributed by atoms with Gasteiger partial charge in [-0.25, -0.2) is 13.2 Å². The Labute approximate surface area is 194 Å². The van der Waals surface area contributed by atoms with Crippen LogP contribution in [0.25, 0.3) is 0 Å². The van der Waals surface area contributed by atoms with Gasteiger partial charge in [-0.05, 0) is 37.5 Å². The Hall–Kier alpha value is -2.50. The summed E-state index contributed by atoms with van der Waals surface area (Å²) in [6, 6.07) is 3.93.